The van der Waals surface area contributed by atoms with Crippen molar-refractivity contribution in [2.24, 2.45) is 5.73 Å². The molecule has 1 aliphatic heterocycles. The molecule has 0 saturated heterocycles. The van der Waals surface area contributed by atoms with E-state index < -0.39 is 0 Å². The zero-order valence-electron chi connectivity index (χ0n) is 16.0. The highest BCUT2D eigenvalue weighted by Crippen LogP contribution is 2.49. The van der Waals surface area contributed by atoms with Crippen LogP contribution in [-0.2, 0) is 5.41 Å². The minimum absolute atomic E-state index is 0.119. The van der Waals surface area contributed by atoms with Crippen LogP contribution in [-0.4, -0.2) is 13.1 Å². The van der Waals surface area contributed by atoms with E-state index in [2.05, 4.69) is 66.5 Å². The molecule has 28 heavy (non-hydrogen) atoms. The average Bonchev–Trinajstić information content (AvgIpc) is 2.68. The maximum absolute atomic E-state index is 6.16. The SMILES string of the molecule is CC1(C)c2ccccc2N(CCN)c2ccc(Nc3ccc(Cl)c(Cl)c3)cc21. The van der Waals surface area contributed by atoms with Gasteiger partial charge in [-0.05, 0) is 53.6 Å². The zero-order valence-corrected chi connectivity index (χ0v) is 17.5. The quantitative estimate of drug-likeness (QED) is 0.516. The van der Waals surface area contributed by atoms with Crippen molar-refractivity contribution in [3.8, 4) is 0 Å². The van der Waals surface area contributed by atoms with Crippen molar-refractivity contribution in [3.05, 3.63) is 81.8 Å². The van der Waals surface area contributed by atoms with Crippen molar-refractivity contribution in [2.45, 2.75) is 19.3 Å². The standard InChI is InChI=1S/C23H23Cl2N3/c1-23(2)17-5-3-4-6-21(17)28(12-11-26)22-10-8-15(13-18(22)23)27-16-7-9-19(24)20(25)14-16/h3-10,13-14,27H,11-12,26H2,1-2H3. The van der Waals surface area contributed by atoms with Crippen LogP contribution in [0.1, 0.15) is 25.0 Å². The van der Waals surface area contributed by atoms with Gasteiger partial charge in [0.15, 0.2) is 0 Å². The first-order valence-corrected chi connectivity index (χ1v) is 10.1. The lowest BCUT2D eigenvalue weighted by Crippen LogP contribution is -2.35. The summed E-state index contributed by atoms with van der Waals surface area (Å²) in [7, 11) is 0. The first-order chi connectivity index (χ1) is 13.4. The number of hydrogen-bond donors (Lipinski definition) is 2. The number of nitrogens with zero attached hydrogens (tertiary/aromatic N) is 1. The van der Waals surface area contributed by atoms with E-state index in [0.717, 1.165) is 17.9 Å². The summed E-state index contributed by atoms with van der Waals surface area (Å²) < 4.78 is 0. The summed E-state index contributed by atoms with van der Waals surface area (Å²) in [5.41, 5.74) is 12.7. The molecule has 0 aromatic heterocycles. The molecule has 5 heteroatoms. The number of benzene rings is 3. The van der Waals surface area contributed by atoms with Crippen molar-refractivity contribution < 1.29 is 0 Å². The van der Waals surface area contributed by atoms with E-state index in [1.165, 1.54) is 22.5 Å². The molecule has 1 heterocycles. The monoisotopic (exact) mass is 411 g/mol. The molecular weight excluding hydrogens is 389 g/mol. The predicted molar refractivity (Wildman–Crippen MR) is 121 cm³/mol. The van der Waals surface area contributed by atoms with Crippen LogP contribution in [0.25, 0.3) is 0 Å². The summed E-state index contributed by atoms with van der Waals surface area (Å²) in [6.07, 6.45) is 0. The third-order valence-electron chi connectivity index (χ3n) is 5.39. The van der Waals surface area contributed by atoms with Crippen molar-refractivity contribution in [1.29, 1.82) is 0 Å². The normalized spacial score (nSPS) is 14.4. The van der Waals surface area contributed by atoms with Crippen LogP contribution in [0.15, 0.2) is 60.7 Å². The highest BCUT2D eigenvalue weighted by molar-refractivity contribution is 6.42. The van der Waals surface area contributed by atoms with Gasteiger partial charge in [-0.1, -0.05) is 55.2 Å². The third-order valence-corrected chi connectivity index (χ3v) is 6.13. The van der Waals surface area contributed by atoms with Crippen LogP contribution in [0, 0.1) is 0 Å². The molecule has 1 aliphatic rings. The van der Waals surface area contributed by atoms with Gasteiger partial charge in [-0.25, -0.2) is 0 Å². The van der Waals surface area contributed by atoms with E-state index in [4.69, 9.17) is 28.9 Å². The van der Waals surface area contributed by atoms with Gasteiger partial charge in [0.1, 0.15) is 0 Å². The zero-order chi connectivity index (χ0) is 19.9. The maximum Gasteiger partial charge on any atom is 0.0612 e. The van der Waals surface area contributed by atoms with E-state index >= 15 is 0 Å². The summed E-state index contributed by atoms with van der Waals surface area (Å²) in [6.45, 7) is 5.91. The molecule has 144 valence electrons. The number of hydrogen-bond acceptors (Lipinski definition) is 3. The van der Waals surface area contributed by atoms with Crippen LogP contribution < -0.4 is 16.0 Å². The third kappa shape index (κ3) is 3.24. The van der Waals surface area contributed by atoms with Crippen LogP contribution >= 0.6 is 23.2 Å². The predicted octanol–water partition coefficient (Wildman–Crippen LogP) is 6.47. The summed E-state index contributed by atoms with van der Waals surface area (Å²) >= 11 is 12.2. The fourth-order valence-electron chi connectivity index (χ4n) is 3.97. The lowest BCUT2D eigenvalue weighted by atomic mass is 9.73. The number of anilines is 4. The second-order valence-corrected chi connectivity index (χ2v) is 8.38. The number of fused-ring (bicyclic) bond motifs is 2. The Balaban J connectivity index is 1.78. The highest BCUT2D eigenvalue weighted by Gasteiger charge is 2.35. The number of para-hydroxylation sites is 1. The molecule has 3 aromatic rings. The van der Waals surface area contributed by atoms with Gasteiger partial charge < -0.3 is 16.0 Å². The van der Waals surface area contributed by atoms with Gasteiger partial charge in [-0.15, -0.1) is 0 Å². The van der Waals surface area contributed by atoms with E-state index in [1.54, 1.807) is 6.07 Å². The van der Waals surface area contributed by atoms with Gasteiger partial charge in [0.25, 0.3) is 0 Å². The Hall–Kier alpha value is -2.20. The van der Waals surface area contributed by atoms with Crippen LogP contribution in [0.2, 0.25) is 10.0 Å². The summed E-state index contributed by atoms with van der Waals surface area (Å²) in [4.78, 5) is 2.32. The summed E-state index contributed by atoms with van der Waals surface area (Å²) in [6, 6.07) is 20.6. The molecule has 4 rings (SSSR count). The number of nitrogens with two attached hydrogens (primary N) is 1. The molecule has 0 aliphatic carbocycles. The van der Waals surface area contributed by atoms with Gasteiger partial charge in [-0.3, -0.25) is 0 Å². The molecule has 0 amide bonds. The second kappa shape index (κ2) is 7.32. The Bertz CT molecular complexity index is 1030. The van der Waals surface area contributed by atoms with Gasteiger partial charge in [0.2, 0.25) is 0 Å². The minimum Gasteiger partial charge on any atom is -0.355 e. The van der Waals surface area contributed by atoms with Crippen molar-refractivity contribution >= 4 is 46.0 Å². The fourth-order valence-corrected chi connectivity index (χ4v) is 4.27. The van der Waals surface area contributed by atoms with Crippen LogP contribution in [0.3, 0.4) is 0 Å². The molecular formula is C23H23Cl2N3. The molecule has 3 N–H and O–H groups in total. The molecule has 0 atom stereocenters. The van der Waals surface area contributed by atoms with Gasteiger partial charge >= 0.3 is 0 Å². The van der Waals surface area contributed by atoms with Crippen molar-refractivity contribution in [2.75, 3.05) is 23.3 Å². The van der Waals surface area contributed by atoms with E-state index in [0.29, 0.717) is 16.6 Å². The minimum atomic E-state index is -0.119. The first-order valence-electron chi connectivity index (χ1n) is 9.35. The van der Waals surface area contributed by atoms with Crippen LogP contribution in [0.5, 0.6) is 0 Å². The van der Waals surface area contributed by atoms with Gasteiger partial charge in [-0.2, -0.15) is 0 Å². The molecule has 0 unspecified atom stereocenters. The Kier molecular flexibility index (Phi) is 5.00. The molecule has 3 aromatic carbocycles. The fraction of sp³-hybridized carbons (Fsp3) is 0.217. The second-order valence-electron chi connectivity index (χ2n) is 7.57. The van der Waals surface area contributed by atoms with Crippen LogP contribution in [0.4, 0.5) is 22.7 Å². The maximum atomic E-state index is 6.16. The Morgan fingerprint density at radius 3 is 2.29 bits per heavy atom. The van der Waals surface area contributed by atoms with E-state index in [9.17, 15) is 0 Å². The Labute approximate surface area is 176 Å². The van der Waals surface area contributed by atoms with Gasteiger partial charge in [0.05, 0.1) is 10.0 Å². The van der Waals surface area contributed by atoms with Crippen molar-refractivity contribution in [1.82, 2.24) is 0 Å². The largest absolute Gasteiger partial charge is 0.355 e. The molecule has 0 radical (unpaired) electrons. The molecule has 0 bridgehead atoms. The number of rotatable bonds is 4. The number of halogens is 2. The summed E-state index contributed by atoms with van der Waals surface area (Å²) in [5.74, 6) is 0. The first kappa shape index (κ1) is 19.1. The van der Waals surface area contributed by atoms with Gasteiger partial charge in [0, 0.05) is 41.3 Å². The molecule has 0 saturated carbocycles. The highest BCUT2D eigenvalue weighted by atomic mass is 35.5. The molecule has 0 fully saturated rings. The molecule has 0 spiro atoms. The summed E-state index contributed by atoms with van der Waals surface area (Å²) in [5, 5.41) is 4.53. The smallest absolute Gasteiger partial charge is 0.0612 e. The number of nitrogens with one attached hydrogen (secondary N) is 1. The topological polar surface area (TPSA) is 41.3 Å². The van der Waals surface area contributed by atoms with E-state index in [1.807, 2.05) is 12.1 Å². The molecule has 3 nitrogen and oxygen atoms in total. The Morgan fingerprint density at radius 2 is 1.54 bits per heavy atom. The lowest BCUT2D eigenvalue weighted by molar-refractivity contribution is 0.624. The lowest BCUT2D eigenvalue weighted by Gasteiger charge is -2.42. The van der Waals surface area contributed by atoms with E-state index in [-0.39, 0.29) is 5.41 Å². The Morgan fingerprint density at radius 1 is 0.857 bits per heavy atom. The average molecular weight is 412 g/mol. The van der Waals surface area contributed by atoms with Crippen molar-refractivity contribution in [3.63, 3.8) is 0 Å².